The minimum atomic E-state index is -3.41. The van der Waals surface area contributed by atoms with Crippen molar-refractivity contribution in [2.45, 2.75) is 29.0 Å². The average molecular weight is 325 g/mol. The molecule has 7 nitrogen and oxygen atoms in total. The number of sulfone groups is 1. The Kier molecular flexibility index (Phi) is 4.16. The van der Waals surface area contributed by atoms with Gasteiger partial charge in [-0.25, -0.2) is 8.42 Å². The second-order valence-corrected chi connectivity index (χ2v) is 8.07. The summed E-state index contributed by atoms with van der Waals surface area (Å²) >= 11 is 0. The molecule has 2 fully saturated rings. The SMILES string of the molecule is O=[N+]([O-])c1ccc(S(=O)(=O)C2CCN(C3CNC3)CC2)cc1. The number of nitro groups is 1. The maximum Gasteiger partial charge on any atom is 0.269 e. The van der Waals surface area contributed by atoms with Gasteiger partial charge in [0, 0.05) is 31.3 Å². The lowest BCUT2D eigenvalue weighted by molar-refractivity contribution is -0.384. The lowest BCUT2D eigenvalue weighted by Crippen LogP contribution is -2.59. The van der Waals surface area contributed by atoms with Crippen molar-refractivity contribution in [3.05, 3.63) is 34.4 Å². The first kappa shape index (κ1) is 15.4. The van der Waals surface area contributed by atoms with Gasteiger partial charge in [0.1, 0.15) is 0 Å². The minimum Gasteiger partial charge on any atom is -0.314 e. The van der Waals surface area contributed by atoms with Crippen LogP contribution in [0.1, 0.15) is 12.8 Å². The first-order valence-corrected chi connectivity index (χ1v) is 8.96. The Morgan fingerprint density at radius 1 is 1.14 bits per heavy atom. The van der Waals surface area contributed by atoms with Gasteiger partial charge in [0.05, 0.1) is 15.1 Å². The molecule has 2 aliphatic heterocycles. The van der Waals surface area contributed by atoms with Gasteiger partial charge >= 0.3 is 0 Å². The number of rotatable bonds is 4. The second kappa shape index (κ2) is 5.94. The maximum atomic E-state index is 12.6. The van der Waals surface area contributed by atoms with E-state index in [0.29, 0.717) is 18.9 Å². The summed E-state index contributed by atoms with van der Waals surface area (Å²) in [7, 11) is -3.41. The number of hydrogen-bond donors (Lipinski definition) is 1. The number of benzene rings is 1. The van der Waals surface area contributed by atoms with Crippen molar-refractivity contribution in [3.8, 4) is 0 Å². The van der Waals surface area contributed by atoms with Gasteiger partial charge in [-0.3, -0.25) is 15.0 Å². The molecule has 0 aliphatic carbocycles. The predicted octanol–water partition coefficient (Wildman–Crippen LogP) is 0.805. The molecular formula is C14H19N3O4S. The molecule has 120 valence electrons. The van der Waals surface area contributed by atoms with Crippen molar-refractivity contribution in [1.29, 1.82) is 0 Å². The summed E-state index contributed by atoms with van der Waals surface area (Å²) in [6.45, 7) is 3.56. The standard InChI is InChI=1S/C14H19N3O4S/c18-17(19)11-1-3-13(4-2-11)22(20,21)14-5-7-16(8-6-14)12-9-15-10-12/h1-4,12,14-15H,5-10H2. The number of nitrogens with zero attached hydrogens (tertiary/aromatic N) is 2. The molecular weight excluding hydrogens is 306 g/mol. The van der Waals surface area contributed by atoms with Gasteiger partial charge in [0.15, 0.2) is 9.84 Å². The zero-order valence-corrected chi connectivity index (χ0v) is 13.0. The summed E-state index contributed by atoms with van der Waals surface area (Å²) in [4.78, 5) is 12.6. The molecule has 3 rings (SSSR count). The van der Waals surface area contributed by atoms with Crippen LogP contribution in [-0.2, 0) is 9.84 Å². The number of hydrogen-bond acceptors (Lipinski definition) is 6. The molecule has 8 heteroatoms. The van der Waals surface area contributed by atoms with Crippen LogP contribution in [-0.4, -0.2) is 55.7 Å². The molecule has 0 unspecified atom stereocenters. The van der Waals surface area contributed by atoms with Crippen molar-refractivity contribution in [2.75, 3.05) is 26.2 Å². The molecule has 2 aliphatic rings. The van der Waals surface area contributed by atoms with Crippen LogP contribution in [0.25, 0.3) is 0 Å². The second-order valence-electron chi connectivity index (χ2n) is 5.84. The third-order valence-electron chi connectivity index (χ3n) is 4.57. The molecule has 0 atom stereocenters. The van der Waals surface area contributed by atoms with E-state index in [2.05, 4.69) is 10.2 Å². The monoisotopic (exact) mass is 325 g/mol. The van der Waals surface area contributed by atoms with Gasteiger partial charge in [0.2, 0.25) is 0 Å². The fraction of sp³-hybridized carbons (Fsp3) is 0.571. The highest BCUT2D eigenvalue weighted by molar-refractivity contribution is 7.92. The average Bonchev–Trinajstić information content (AvgIpc) is 2.46. The van der Waals surface area contributed by atoms with E-state index in [0.717, 1.165) is 26.2 Å². The lowest BCUT2D eigenvalue weighted by Gasteiger charge is -2.42. The third-order valence-corrected chi connectivity index (χ3v) is 6.85. The van der Waals surface area contributed by atoms with E-state index in [1.807, 2.05) is 0 Å². The van der Waals surface area contributed by atoms with Crippen LogP contribution in [0.15, 0.2) is 29.2 Å². The third kappa shape index (κ3) is 2.86. The molecule has 0 radical (unpaired) electrons. The van der Waals surface area contributed by atoms with E-state index in [4.69, 9.17) is 0 Å². The topological polar surface area (TPSA) is 92.5 Å². The molecule has 0 bridgehead atoms. The van der Waals surface area contributed by atoms with E-state index in [1.54, 1.807) is 0 Å². The summed E-state index contributed by atoms with van der Waals surface area (Å²) < 4.78 is 25.3. The van der Waals surface area contributed by atoms with Crippen molar-refractivity contribution in [1.82, 2.24) is 10.2 Å². The summed E-state index contributed by atoms with van der Waals surface area (Å²) in [5.41, 5.74) is -0.0914. The lowest BCUT2D eigenvalue weighted by atomic mass is 10.0. The van der Waals surface area contributed by atoms with Crippen LogP contribution in [0.5, 0.6) is 0 Å². The van der Waals surface area contributed by atoms with Crippen LogP contribution < -0.4 is 5.32 Å². The number of nitro benzene ring substituents is 1. The first-order valence-electron chi connectivity index (χ1n) is 7.41. The zero-order valence-electron chi connectivity index (χ0n) is 12.1. The highest BCUT2D eigenvalue weighted by Gasteiger charge is 2.34. The van der Waals surface area contributed by atoms with Gasteiger partial charge in [-0.2, -0.15) is 0 Å². The Morgan fingerprint density at radius 3 is 2.18 bits per heavy atom. The minimum absolute atomic E-state index is 0.0914. The van der Waals surface area contributed by atoms with Gasteiger partial charge in [0.25, 0.3) is 5.69 Å². The van der Waals surface area contributed by atoms with Crippen LogP contribution in [0.2, 0.25) is 0 Å². The molecule has 22 heavy (non-hydrogen) atoms. The van der Waals surface area contributed by atoms with Crippen LogP contribution in [0, 0.1) is 10.1 Å². The maximum absolute atomic E-state index is 12.6. The molecule has 0 aromatic heterocycles. The summed E-state index contributed by atoms with van der Waals surface area (Å²) in [6, 6.07) is 5.73. The van der Waals surface area contributed by atoms with E-state index in [1.165, 1.54) is 24.3 Å². The van der Waals surface area contributed by atoms with Crippen molar-refractivity contribution in [3.63, 3.8) is 0 Å². The zero-order chi connectivity index (χ0) is 15.7. The molecule has 0 saturated carbocycles. The summed E-state index contributed by atoms with van der Waals surface area (Å²) in [5.74, 6) is 0. The number of piperidine rings is 1. The Morgan fingerprint density at radius 2 is 1.73 bits per heavy atom. The number of nitrogens with one attached hydrogen (secondary N) is 1. The molecule has 0 spiro atoms. The number of non-ortho nitro benzene ring substituents is 1. The van der Waals surface area contributed by atoms with Gasteiger partial charge in [-0.1, -0.05) is 0 Å². The largest absolute Gasteiger partial charge is 0.314 e. The number of likely N-dealkylation sites (tertiary alicyclic amines) is 1. The highest BCUT2D eigenvalue weighted by atomic mass is 32.2. The van der Waals surface area contributed by atoms with E-state index in [9.17, 15) is 18.5 Å². The Balaban J connectivity index is 1.69. The smallest absolute Gasteiger partial charge is 0.269 e. The fourth-order valence-electron chi connectivity index (χ4n) is 3.03. The van der Waals surface area contributed by atoms with E-state index in [-0.39, 0.29) is 10.6 Å². The molecule has 2 saturated heterocycles. The van der Waals surface area contributed by atoms with Gasteiger partial charge in [-0.15, -0.1) is 0 Å². The Labute approximate surface area is 129 Å². The van der Waals surface area contributed by atoms with Gasteiger partial charge < -0.3 is 5.32 Å². The Hall–Kier alpha value is -1.51. The molecule has 0 amide bonds. The fourth-order valence-corrected chi connectivity index (χ4v) is 4.76. The van der Waals surface area contributed by atoms with Gasteiger partial charge in [-0.05, 0) is 38.1 Å². The van der Waals surface area contributed by atoms with Crippen LogP contribution in [0.4, 0.5) is 5.69 Å². The first-order chi connectivity index (χ1) is 10.5. The molecule has 1 N–H and O–H groups in total. The van der Waals surface area contributed by atoms with E-state index >= 15 is 0 Å². The molecule has 1 aromatic carbocycles. The normalized spacial score (nSPS) is 21.5. The van der Waals surface area contributed by atoms with Crippen molar-refractivity contribution in [2.24, 2.45) is 0 Å². The highest BCUT2D eigenvalue weighted by Crippen LogP contribution is 2.27. The molecule has 1 aromatic rings. The summed E-state index contributed by atoms with van der Waals surface area (Å²) in [6.07, 6.45) is 1.24. The Bertz CT molecular complexity index is 647. The van der Waals surface area contributed by atoms with E-state index < -0.39 is 20.0 Å². The van der Waals surface area contributed by atoms with Crippen LogP contribution >= 0.6 is 0 Å². The quantitative estimate of drug-likeness (QED) is 0.650. The predicted molar refractivity (Wildman–Crippen MR) is 81.5 cm³/mol. The van der Waals surface area contributed by atoms with Crippen LogP contribution in [0.3, 0.4) is 0 Å². The molecule has 2 heterocycles. The summed E-state index contributed by atoms with van der Waals surface area (Å²) in [5, 5.41) is 13.5. The van der Waals surface area contributed by atoms with Crippen molar-refractivity contribution < 1.29 is 13.3 Å². The van der Waals surface area contributed by atoms with Crippen molar-refractivity contribution >= 4 is 15.5 Å².